The van der Waals surface area contributed by atoms with Gasteiger partial charge in [-0.2, -0.15) is 13.2 Å². The minimum atomic E-state index is -4.43. The van der Waals surface area contributed by atoms with Crippen molar-refractivity contribution in [3.8, 4) is 0 Å². The molecule has 7 heteroatoms. The second-order valence-corrected chi connectivity index (χ2v) is 5.30. The van der Waals surface area contributed by atoms with Gasteiger partial charge in [-0.1, -0.05) is 36.4 Å². The molecular formula is C18H17F3N2O2. The van der Waals surface area contributed by atoms with E-state index >= 15 is 0 Å². The van der Waals surface area contributed by atoms with E-state index in [9.17, 15) is 22.8 Å². The van der Waals surface area contributed by atoms with Gasteiger partial charge in [-0.05, 0) is 30.2 Å². The first-order valence-electron chi connectivity index (χ1n) is 7.63. The molecule has 2 amide bonds. The first kappa shape index (κ1) is 18.5. The van der Waals surface area contributed by atoms with Crippen LogP contribution in [0.1, 0.15) is 21.5 Å². The van der Waals surface area contributed by atoms with E-state index in [1.54, 1.807) is 30.3 Å². The Hall–Kier alpha value is -2.83. The predicted octanol–water partition coefficient (Wildman–Crippen LogP) is 2.79. The highest BCUT2D eigenvalue weighted by Gasteiger charge is 2.32. The molecule has 0 bridgehead atoms. The van der Waals surface area contributed by atoms with Gasteiger partial charge < -0.3 is 10.6 Å². The number of benzene rings is 2. The Morgan fingerprint density at radius 1 is 0.880 bits per heavy atom. The van der Waals surface area contributed by atoms with E-state index in [2.05, 4.69) is 10.6 Å². The molecule has 0 atom stereocenters. The smallest absolute Gasteiger partial charge is 0.354 e. The topological polar surface area (TPSA) is 58.2 Å². The van der Waals surface area contributed by atoms with Crippen molar-refractivity contribution in [3.05, 3.63) is 71.3 Å². The van der Waals surface area contributed by atoms with Crippen molar-refractivity contribution in [2.45, 2.75) is 12.6 Å². The summed E-state index contributed by atoms with van der Waals surface area (Å²) >= 11 is 0. The zero-order valence-electron chi connectivity index (χ0n) is 13.3. The number of hydrogen-bond acceptors (Lipinski definition) is 2. The molecule has 0 fully saturated rings. The van der Waals surface area contributed by atoms with Crippen molar-refractivity contribution in [1.29, 1.82) is 0 Å². The van der Waals surface area contributed by atoms with E-state index in [0.29, 0.717) is 5.56 Å². The van der Waals surface area contributed by atoms with E-state index in [0.717, 1.165) is 6.07 Å². The summed E-state index contributed by atoms with van der Waals surface area (Å²) in [7, 11) is 0. The maximum atomic E-state index is 12.9. The summed E-state index contributed by atoms with van der Waals surface area (Å²) in [6.45, 7) is -0.193. The largest absolute Gasteiger partial charge is 0.416 e. The lowest BCUT2D eigenvalue weighted by atomic mass is 10.0. The van der Waals surface area contributed by atoms with E-state index in [1.807, 2.05) is 0 Å². The Morgan fingerprint density at radius 3 is 2.20 bits per heavy atom. The van der Waals surface area contributed by atoms with Gasteiger partial charge in [0.2, 0.25) is 5.91 Å². The molecule has 0 saturated carbocycles. The SMILES string of the molecule is O=C(CNC(=O)c1ccccc1)NCCc1ccccc1C(F)(F)F. The third-order valence-electron chi connectivity index (χ3n) is 3.48. The number of amides is 2. The molecule has 0 aliphatic carbocycles. The number of alkyl halides is 3. The fourth-order valence-electron chi connectivity index (χ4n) is 2.27. The summed E-state index contributed by atoms with van der Waals surface area (Å²) in [4.78, 5) is 23.5. The molecule has 0 aliphatic heterocycles. The molecule has 0 aliphatic rings. The number of carbonyl (C=O) groups excluding carboxylic acids is 2. The van der Waals surface area contributed by atoms with Crippen LogP contribution in [0.5, 0.6) is 0 Å². The third kappa shape index (κ3) is 5.63. The van der Waals surface area contributed by atoms with Crippen LogP contribution in [0.3, 0.4) is 0 Å². The normalized spacial score (nSPS) is 11.0. The number of carbonyl (C=O) groups is 2. The first-order valence-corrected chi connectivity index (χ1v) is 7.63. The van der Waals surface area contributed by atoms with Crippen LogP contribution >= 0.6 is 0 Å². The zero-order chi connectivity index (χ0) is 18.3. The Morgan fingerprint density at radius 2 is 1.52 bits per heavy atom. The highest BCUT2D eigenvalue weighted by atomic mass is 19.4. The molecule has 0 unspecified atom stereocenters. The van der Waals surface area contributed by atoms with Crippen LogP contribution in [0.4, 0.5) is 13.2 Å². The average Bonchev–Trinajstić information content (AvgIpc) is 2.60. The van der Waals surface area contributed by atoms with Gasteiger partial charge in [-0.25, -0.2) is 0 Å². The summed E-state index contributed by atoms with van der Waals surface area (Å²) in [6, 6.07) is 13.6. The molecule has 0 radical (unpaired) electrons. The Labute approximate surface area is 143 Å². The summed E-state index contributed by atoms with van der Waals surface area (Å²) < 4.78 is 38.6. The van der Waals surface area contributed by atoms with Gasteiger partial charge >= 0.3 is 6.18 Å². The van der Waals surface area contributed by atoms with Crippen molar-refractivity contribution in [2.75, 3.05) is 13.1 Å². The summed E-state index contributed by atoms with van der Waals surface area (Å²) in [6.07, 6.45) is -4.38. The molecule has 2 N–H and O–H groups in total. The van der Waals surface area contributed by atoms with Crippen molar-refractivity contribution in [3.63, 3.8) is 0 Å². The van der Waals surface area contributed by atoms with Crippen LogP contribution in [0.25, 0.3) is 0 Å². The van der Waals surface area contributed by atoms with E-state index in [1.165, 1.54) is 18.2 Å². The second kappa shape index (κ2) is 8.32. The maximum Gasteiger partial charge on any atom is 0.416 e. The fraction of sp³-hybridized carbons (Fsp3) is 0.222. The molecule has 132 valence electrons. The standard InChI is InChI=1S/C18H17F3N2O2/c19-18(20,21)15-9-5-4-6-13(15)10-11-22-16(24)12-23-17(25)14-7-2-1-3-8-14/h1-9H,10-12H2,(H,22,24)(H,23,25). The zero-order valence-corrected chi connectivity index (χ0v) is 13.3. The number of hydrogen-bond donors (Lipinski definition) is 2. The summed E-state index contributed by atoms with van der Waals surface area (Å²) in [5.41, 5.74) is -0.167. The van der Waals surface area contributed by atoms with Gasteiger partial charge in [-0.3, -0.25) is 9.59 Å². The first-order chi connectivity index (χ1) is 11.9. The lowest BCUT2D eigenvalue weighted by Gasteiger charge is -2.13. The molecule has 0 heterocycles. The van der Waals surface area contributed by atoms with Crippen molar-refractivity contribution < 1.29 is 22.8 Å². The molecular weight excluding hydrogens is 333 g/mol. The second-order valence-electron chi connectivity index (χ2n) is 5.30. The molecule has 0 spiro atoms. The third-order valence-corrected chi connectivity index (χ3v) is 3.48. The number of halogens is 3. The van der Waals surface area contributed by atoms with E-state index in [4.69, 9.17) is 0 Å². The van der Waals surface area contributed by atoms with Gasteiger partial charge in [0.05, 0.1) is 12.1 Å². The minimum absolute atomic E-state index is 0.0487. The lowest BCUT2D eigenvalue weighted by Crippen LogP contribution is -2.37. The van der Waals surface area contributed by atoms with Gasteiger partial charge in [0.25, 0.3) is 5.91 Å². The van der Waals surface area contributed by atoms with Crippen LogP contribution in [-0.2, 0) is 17.4 Å². The van der Waals surface area contributed by atoms with E-state index in [-0.39, 0.29) is 25.1 Å². The van der Waals surface area contributed by atoms with Crippen LogP contribution in [0.15, 0.2) is 54.6 Å². The van der Waals surface area contributed by atoms with Crippen LogP contribution < -0.4 is 10.6 Å². The quantitative estimate of drug-likeness (QED) is 0.842. The summed E-state index contributed by atoms with van der Waals surface area (Å²) in [5, 5.41) is 4.95. The van der Waals surface area contributed by atoms with Crippen LogP contribution in [-0.4, -0.2) is 24.9 Å². The Bertz CT molecular complexity index is 731. The molecule has 2 aromatic rings. The van der Waals surface area contributed by atoms with Crippen LogP contribution in [0.2, 0.25) is 0 Å². The minimum Gasteiger partial charge on any atom is -0.354 e. The van der Waals surface area contributed by atoms with Crippen molar-refractivity contribution in [1.82, 2.24) is 10.6 Å². The molecule has 2 aromatic carbocycles. The molecule has 0 saturated heterocycles. The van der Waals surface area contributed by atoms with E-state index < -0.39 is 23.6 Å². The Kier molecular flexibility index (Phi) is 6.16. The number of rotatable bonds is 6. The summed E-state index contributed by atoms with van der Waals surface area (Å²) in [5.74, 6) is -0.855. The molecule has 0 aromatic heterocycles. The molecule has 2 rings (SSSR count). The highest BCUT2D eigenvalue weighted by molar-refractivity contribution is 5.96. The molecule has 4 nitrogen and oxygen atoms in total. The van der Waals surface area contributed by atoms with Gasteiger partial charge in [0.1, 0.15) is 0 Å². The average molecular weight is 350 g/mol. The monoisotopic (exact) mass is 350 g/mol. The Balaban J connectivity index is 1.79. The number of nitrogens with one attached hydrogen (secondary N) is 2. The molecule has 25 heavy (non-hydrogen) atoms. The van der Waals surface area contributed by atoms with Crippen molar-refractivity contribution >= 4 is 11.8 Å². The van der Waals surface area contributed by atoms with Gasteiger partial charge in [-0.15, -0.1) is 0 Å². The van der Waals surface area contributed by atoms with Crippen molar-refractivity contribution in [2.24, 2.45) is 0 Å². The maximum absolute atomic E-state index is 12.9. The fourth-order valence-corrected chi connectivity index (χ4v) is 2.27. The highest BCUT2D eigenvalue weighted by Crippen LogP contribution is 2.31. The lowest BCUT2D eigenvalue weighted by molar-refractivity contribution is -0.138. The predicted molar refractivity (Wildman–Crippen MR) is 86.9 cm³/mol. The van der Waals surface area contributed by atoms with Crippen LogP contribution in [0, 0.1) is 0 Å². The van der Waals surface area contributed by atoms with Gasteiger partial charge in [0.15, 0.2) is 0 Å². The van der Waals surface area contributed by atoms with Gasteiger partial charge in [0, 0.05) is 12.1 Å².